The van der Waals surface area contributed by atoms with Crippen LogP contribution in [-0.2, 0) is 13.1 Å². The lowest BCUT2D eigenvalue weighted by molar-refractivity contribution is 0.0721. The summed E-state index contributed by atoms with van der Waals surface area (Å²) in [4.78, 5) is 16.1. The van der Waals surface area contributed by atoms with Crippen molar-refractivity contribution in [2.75, 3.05) is 0 Å². The van der Waals surface area contributed by atoms with E-state index in [1.807, 2.05) is 47.8 Å². The fourth-order valence-corrected chi connectivity index (χ4v) is 3.42. The summed E-state index contributed by atoms with van der Waals surface area (Å²) in [7, 11) is 0. The minimum Gasteiger partial charge on any atom is -0.467 e. The fourth-order valence-electron chi connectivity index (χ4n) is 2.70. The van der Waals surface area contributed by atoms with Crippen molar-refractivity contribution in [3.8, 4) is 0 Å². The highest BCUT2D eigenvalue weighted by Crippen LogP contribution is 2.21. The van der Waals surface area contributed by atoms with Crippen LogP contribution in [0, 0.1) is 0 Å². The van der Waals surface area contributed by atoms with Crippen molar-refractivity contribution < 1.29 is 9.21 Å². The van der Waals surface area contributed by atoms with Crippen molar-refractivity contribution in [3.63, 3.8) is 0 Å². The van der Waals surface area contributed by atoms with E-state index in [4.69, 9.17) is 4.42 Å². The summed E-state index contributed by atoms with van der Waals surface area (Å²) < 4.78 is 5.43. The molecule has 0 bridgehead atoms. The Bertz CT molecular complexity index is 906. The third-order valence-electron chi connectivity index (χ3n) is 3.85. The number of furan rings is 1. The first-order chi connectivity index (χ1) is 11.8. The SMILES string of the molecule is O=C(c1cccc2cn[nH]c12)N(Cc1ccco1)Cc1cccs1. The molecule has 3 aromatic heterocycles. The summed E-state index contributed by atoms with van der Waals surface area (Å²) >= 11 is 1.64. The molecule has 0 saturated heterocycles. The first-order valence-electron chi connectivity index (χ1n) is 7.57. The smallest absolute Gasteiger partial charge is 0.256 e. The molecule has 120 valence electrons. The number of hydrogen-bond acceptors (Lipinski definition) is 4. The Morgan fingerprint density at radius 2 is 2.12 bits per heavy atom. The number of rotatable bonds is 5. The van der Waals surface area contributed by atoms with E-state index in [2.05, 4.69) is 10.2 Å². The lowest BCUT2D eigenvalue weighted by Gasteiger charge is -2.21. The van der Waals surface area contributed by atoms with Crippen molar-refractivity contribution in [3.05, 3.63) is 76.5 Å². The van der Waals surface area contributed by atoms with Gasteiger partial charge in [0.25, 0.3) is 5.91 Å². The molecule has 5 nitrogen and oxygen atoms in total. The van der Waals surface area contributed by atoms with Crippen molar-refractivity contribution in [1.82, 2.24) is 15.1 Å². The lowest BCUT2D eigenvalue weighted by Crippen LogP contribution is -2.29. The number of nitrogens with zero attached hydrogens (tertiary/aromatic N) is 2. The Labute approximate surface area is 142 Å². The fraction of sp³-hybridized carbons (Fsp3) is 0.111. The molecular weight excluding hydrogens is 322 g/mol. The van der Waals surface area contributed by atoms with E-state index >= 15 is 0 Å². The number of benzene rings is 1. The molecule has 0 radical (unpaired) electrons. The second-order valence-corrected chi connectivity index (χ2v) is 6.49. The van der Waals surface area contributed by atoms with E-state index in [1.165, 1.54) is 0 Å². The number of H-pyrrole nitrogens is 1. The van der Waals surface area contributed by atoms with Crippen LogP contribution in [0.25, 0.3) is 10.9 Å². The van der Waals surface area contributed by atoms with Gasteiger partial charge in [0.05, 0.1) is 36.6 Å². The zero-order chi connectivity index (χ0) is 16.4. The zero-order valence-electron chi connectivity index (χ0n) is 12.8. The van der Waals surface area contributed by atoms with Crippen LogP contribution in [0.3, 0.4) is 0 Å². The number of aromatic amines is 1. The van der Waals surface area contributed by atoms with Gasteiger partial charge in [0.1, 0.15) is 5.76 Å². The Hall–Kier alpha value is -2.86. The topological polar surface area (TPSA) is 62.1 Å². The molecule has 24 heavy (non-hydrogen) atoms. The molecule has 0 aliphatic carbocycles. The van der Waals surface area contributed by atoms with E-state index in [1.54, 1.807) is 28.7 Å². The molecule has 0 aliphatic heterocycles. The van der Waals surface area contributed by atoms with Gasteiger partial charge in [0.2, 0.25) is 0 Å². The standard InChI is InChI=1S/C18H15N3O2S/c22-18(16-7-1-4-13-10-19-20-17(13)16)21(11-14-5-2-8-23-14)12-15-6-3-9-24-15/h1-10H,11-12H2,(H,19,20). The van der Waals surface area contributed by atoms with E-state index in [0.717, 1.165) is 21.5 Å². The summed E-state index contributed by atoms with van der Waals surface area (Å²) in [6.07, 6.45) is 3.35. The number of hydrogen-bond donors (Lipinski definition) is 1. The van der Waals surface area contributed by atoms with Gasteiger partial charge in [-0.15, -0.1) is 11.3 Å². The van der Waals surface area contributed by atoms with Crippen molar-refractivity contribution in [2.24, 2.45) is 0 Å². The predicted octanol–water partition coefficient (Wildman–Crippen LogP) is 4.06. The molecule has 0 fully saturated rings. The molecule has 3 heterocycles. The maximum atomic E-state index is 13.2. The molecule has 1 aromatic carbocycles. The molecule has 4 aromatic rings. The predicted molar refractivity (Wildman–Crippen MR) is 92.7 cm³/mol. The van der Waals surface area contributed by atoms with Gasteiger partial charge in [0.15, 0.2) is 0 Å². The third-order valence-corrected chi connectivity index (χ3v) is 4.71. The van der Waals surface area contributed by atoms with Crippen LogP contribution in [-0.4, -0.2) is 21.0 Å². The monoisotopic (exact) mass is 337 g/mol. The molecule has 0 unspecified atom stereocenters. The number of aromatic nitrogens is 2. The van der Waals surface area contributed by atoms with Gasteiger partial charge in [-0.05, 0) is 29.6 Å². The number of fused-ring (bicyclic) bond motifs is 1. The van der Waals surface area contributed by atoms with Gasteiger partial charge in [0, 0.05) is 10.3 Å². The van der Waals surface area contributed by atoms with Crippen LogP contribution in [0.2, 0.25) is 0 Å². The molecule has 0 aliphatic rings. The molecule has 1 amide bonds. The van der Waals surface area contributed by atoms with Gasteiger partial charge < -0.3 is 9.32 Å². The summed E-state index contributed by atoms with van der Waals surface area (Å²) in [6, 6.07) is 13.4. The summed E-state index contributed by atoms with van der Waals surface area (Å²) in [5, 5.41) is 9.91. The van der Waals surface area contributed by atoms with Gasteiger partial charge in [-0.3, -0.25) is 9.89 Å². The number of carbonyl (C=O) groups is 1. The van der Waals surface area contributed by atoms with Gasteiger partial charge >= 0.3 is 0 Å². The normalized spacial score (nSPS) is 11.0. The largest absolute Gasteiger partial charge is 0.467 e. The van der Waals surface area contributed by atoms with Crippen molar-refractivity contribution >= 4 is 28.1 Å². The van der Waals surface area contributed by atoms with Gasteiger partial charge in [-0.2, -0.15) is 5.10 Å². The average Bonchev–Trinajstić information content (AvgIpc) is 3.35. The van der Waals surface area contributed by atoms with Crippen LogP contribution in [0.15, 0.2) is 64.7 Å². The number of carbonyl (C=O) groups excluding carboxylic acids is 1. The Kier molecular flexibility index (Phi) is 3.88. The Morgan fingerprint density at radius 3 is 2.92 bits per heavy atom. The van der Waals surface area contributed by atoms with E-state index in [0.29, 0.717) is 18.7 Å². The van der Waals surface area contributed by atoms with E-state index in [-0.39, 0.29) is 5.91 Å². The van der Waals surface area contributed by atoms with Crippen LogP contribution < -0.4 is 0 Å². The number of thiophene rings is 1. The average molecular weight is 337 g/mol. The summed E-state index contributed by atoms with van der Waals surface area (Å²) in [5.41, 5.74) is 1.38. The highest BCUT2D eigenvalue weighted by Gasteiger charge is 2.20. The maximum absolute atomic E-state index is 13.2. The highest BCUT2D eigenvalue weighted by atomic mass is 32.1. The van der Waals surface area contributed by atoms with Crippen molar-refractivity contribution in [2.45, 2.75) is 13.1 Å². The summed E-state index contributed by atoms with van der Waals surface area (Å²) in [6.45, 7) is 0.968. The molecule has 6 heteroatoms. The lowest BCUT2D eigenvalue weighted by atomic mass is 10.1. The quantitative estimate of drug-likeness (QED) is 0.597. The first kappa shape index (κ1) is 14.7. The van der Waals surface area contributed by atoms with Crippen LogP contribution >= 0.6 is 11.3 Å². The third kappa shape index (κ3) is 2.83. The number of amides is 1. The zero-order valence-corrected chi connectivity index (χ0v) is 13.6. The molecule has 0 atom stereocenters. The second-order valence-electron chi connectivity index (χ2n) is 5.46. The van der Waals surface area contributed by atoms with Crippen LogP contribution in [0.4, 0.5) is 0 Å². The number of para-hydroxylation sites is 1. The molecule has 0 spiro atoms. The maximum Gasteiger partial charge on any atom is 0.256 e. The van der Waals surface area contributed by atoms with Gasteiger partial charge in [-0.1, -0.05) is 18.2 Å². The van der Waals surface area contributed by atoms with Crippen LogP contribution in [0.5, 0.6) is 0 Å². The summed E-state index contributed by atoms with van der Waals surface area (Å²) in [5.74, 6) is 0.714. The molecular formula is C18H15N3O2S. The first-order valence-corrected chi connectivity index (χ1v) is 8.45. The van der Waals surface area contributed by atoms with Crippen LogP contribution in [0.1, 0.15) is 21.0 Å². The second kappa shape index (κ2) is 6.33. The minimum atomic E-state index is -0.0466. The molecule has 4 rings (SSSR count). The van der Waals surface area contributed by atoms with E-state index < -0.39 is 0 Å². The number of nitrogens with one attached hydrogen (secondary N) is 1. The van der Waals surface area contributed by atoms with Gasteiger partial charge in [-0.25, -0.2) is 0 Å². The molecule has 0 saturated carbocycles. The van der Waals surface area contributed by atoms with Crippen molar-refractivity contribution in [1.29, 1.82) is 0 Å². The van der Waals surface area contributed by atoms with E-state index in [9.17, 15) is 4.79 Å². The highest BCUT2D eigenvalue weighted by molar-refractivity contribution is 7.09. The Balaban J connectivity index is 1.68. The molecule has 1 N–H and O–H groups in total. The Morgan fingerprint density at radius 1 is 1.17 bits per heavy atom. The minimum absolute atomic E-state index is 0.0466.